The van der Waals surface area contributed by atoms with Crippen LogP contribution >= 0.6 is 0 Å². The standard InChI is InChI=1S/C15H23N3O2/c1-11(2)20-13-12(5-4-7-17-13)9-18-14(19)15(3)6-8-16-10-15/h4-5,7,11,16H,6,8-10H2,1-3H3,(H,18,19). The summed E-state index contributed by atoms with van der Waals surface area (Å²) < 4.78 is 5.65. The molecule has 1 fully saturated rings. The van der Waals surface area contributed by atoms with Gasteiger partial charge in [0.2, 0.25) is 11.8 Å². The summed E-state index contributed by atoms with van der Waals surface area (Å²) in [6.45, 7) is 8.01. The van der Waals surface area contributed by atoms with Crippen molar-refractivity contribution in [1.82, 2.24) is 15.6 Å². The Morgan fingerprint density at radius 1 is 1.60 bits per heavy atom. The summed E-state index contributed by atoms with van der Waals surface area (Å²) in [7, 11) is 0. The Labute approximate surface area is 120 Å². The summed E-state index contributed by atoms with van der Waals surface area (Å²) >= 11 is 0. The van der Waals surface area contributed by atoms with Crippen molar-refractivity contribution in [3.63, 3.8) is 0 Å². The average molecular weight is 277 g/mol. The summed E-state index contributed by atoms with van der Waals surface area (Å²) in [6.07, 6.45) is 2.64. The number of carbonyl (C=O) groups excluding carboxylic acids is 1. The second kappa shape index (κ2) is 6.22. The molecule has 1 aromatic heterocycles. The molecule has 110 valence electrons. The largest absolute Gasteiger partial charge is 0.475 e. The Morgan fingerprint density at radius 3 is 3.05 bits per heavy atom. The Bertz CT molecular complexity index is 468. The van der Waals surface area contributed by atoms with E-state index in [9.17, 15) is 4.79 Å². The molecule has 0 aliphatic carbocycles. The molecule has 0 aromatic carbocycles. The van der Waals surface area contributed by atoms with Crippen LogP contribution in [0, 0.1) is 5.41 Å². The van der Waals surface area contributed by atoms with Crippen molar-refractivity contribution in [1.29, 1.82) is 0 Å². The number of pyridine rings is 1. The number of carbonyl (C=O) groups is 1. The fourth-order valence-corrected chi connectivity index (χ4v) is 2.29. The zero-order chi connectivity index (χ0) is 14.6. The SMILES string of the molecule is CC(C)Oc1ncccc1CNC(=O)C1(C)CCNC1. The van der Waals surface area contributed by atoms with E-state index < -0.39 is 0 Å². The maximum absolute atomic E-state index is 12.3. The summed E-state index contributed by atoms with van der Waals surface area (Å²) in [5.74, 6) is 0.680. The molecule has 2 N–H and O–H groups in total. The van der Waals surface area contributed by atoms with E-state index >= 15 is 0 Å². The monoisotopic (exact) mass is 277 g/mol. The third-order valence-electron chi connectivity index (χ3n) is 3.55. The van der Waals surface area contributed by atoms with E-state index in [1.54, 1.807) is 6.20 Å². The van der Waals surface area contributed by atoms with Crippen LogP contribution in [0.4, 0.5) is 0 Å². The molecule has 0 saturated carbocycles. The Kier molecular flexibility index (Phi) is 4.60. The van der Waals surface area contributed by atoms with E-state index in [4.69, 9.17) is 4.74 Å². The lowest BCUT2D eigenvalue weighted by molar-refractivity contribution is -0.129. The van der Waals surface area contributed by atoms with E-state index in [1.165, 1.54) is 0 Å². The third-order valence-corrected chi connectivity index (χ3v) is 3.55. The van der Waals surface area contributed by atoms with Crippen LogP contribution < -0.4 is 15.4 Å². The van der Waals surface area contributed by atoms with Crippen molar-refractivity contribution in [2.45, 2.75) is 39.8 Å². The van der Waals surface area contributed by atoms with E-state index in [2.05, 4.69) is 15.6 Å². The van der Waals surface area contributed by atoms with Gasteiger partial charge in [-0.25, -0.2) is 4.98 Å². The van der Waals surface area contributed by atoms with Crippen molar-refractivity contribution in [2.24, 2.45) is 5.41 Å². The quantitative estimate of drug-likeness (QED) is 0.856. The molecule has 5 nitrogen and oxygen atoms in total. The predicted molar refractivity (Wildman–Crippen MR) is 77.4 cm³/mol. The fourth-order valence-electron chi connectivity index (χ4n) is 2.29. The van der Waals surface area contributed by atoms with Crippen molar-refractivity contribution in [3.8, 4) is 5.88 Å². The second-order valence-electron chi connectivity index (χ2n) is 5.80. The maximum atomic E-state index is 12.3. The lowest BCUT2D eigenvalue weighted by atomic mass is 9.89. The van der Waals surface area contributed by atoms with Gasteiger partial charge in [-0.05, 0) is 39.8 Å². The van der Waals surface area contributed by atoms with E-state index in [1.807, 2.05) is 32.9 Å². The van der Waals surface area contributed by atoms with Gasteiger partial charge in [0, 0.05) is 24.8 Å². The molecule has 2 heterocycles. The first kappa shape index (κ1) is 14.8. The molecule has 1 saturated heterocycles. The fraction of sp³-hybridized carbons (Fsp3) is 0.600. The zero-order valence-electron chi connectivity index (χ0n) is 12.4. The summed E-state index contributed by atoms with van der Waals surface area (Å²) in [5.41, 5.74) is 0.602. The van der Waals surface area contributed by atoms with Gasteiger partial charge in [-0.2, -0.15) is 0 Å². The Balaban J connectivity index is 1.98. The Morgan fingerprint density at radius 2 is 2.40 bits per heavy atom. The highest BCUT2D eigenvalue weighted by atomic mass is 16.5. The van der Waals surface area contributed by atoms with Crippen molar-refractivity contribution in [3.05, 3.63) is 23.9 Å². The van der Waals surface area contributed by atoms with Crippen molar-refractivity contribution < 1.29 is 9.53 Å². The molecule has 1 aliphatic rings. The van der Waals surface area contributed by atoms with Gasteiger partial charge in [0.15, 0.2) is 0 Å². The number of rotatable bonds is 5. The average Bonchev–Trinajstić information content (AvgIpc) is 2.85. The van der Waals surface area contributed by atoms with Crippen LogP contribution in [0.15, 0.2) is 18.3 Å². The number of amides is 1. The van der Waals surface area contributed by atoms with Crippen LogP contribution in [0.3, 0.4) is 0 Å². The molecular weight excluding hydrogens is 254 g/mol. The van der Waals surface area contributed by atoms with E-state index in [0.717, 1.165) is 25.1 Å². The molecule has 0 bridgehead atoms. The molecule has 1 unspecified atom stereocenters. The molecular formula is C15H23N3O2. The van der Waals surface area contributed by atoms with Crippen LogP contribution in [-0.4, -0.2) is 30.1 Å². The van der Waals surface area contributed by atoms with E-state index in [-0.39, 0.29) is 17.4 Å². The van der Waals surface area contributed by atoms with Gasteiger partial charge >= 0.3 is 0 Å². The molecule has 0 spiro atoms. The number of hydrogen-bond acceptors (Lipinski definition) is 4. The van der Waals surface area contributed by atoms with Crippen LogP contribution in [0.25, 0.3) is 0 Å². The van der Waals surface area contributed by atoms with Crippen molar-refractivity contribution >= 4 is 5.91 Å². The highest BCUT2D eigenvalue weighted by molar-refractivity contribution is 5.82. The summed E-state index contributed by atoms with van der Waals surface area (Å²) in [4.78, 5) is 16.5. The normalized spacial score (nSPS) is 22.0. The molecule has 1 aliphatic heterocycles. The Hall–Kier alpha value is -1.62. The summed E-state index contributed by atoms with van der Waals surface area (Å²) in [5, 5.41) is 6.23. The van der Waals surface area contributed by atoms with Crippen LogP contribution in [-0.2, 0) is 11.3 Å². The van der Waals surface area contributed by atoms with Crippen LogP contribution in [0.1, 0.15) is 32.8 Å². The van der Waals surface area contributed by atoms with E-state index in [0.29, 0.717) is 12.4 Å². The van der Waals surface area contributed by atoms with Crippen LogP contribution in [0.2, 0.25) is 0 Å². The molecule has 5 heteroatoms. The first-order valence-electron chi connectivity index (χ1n) is 7.11. The molecule has 20 heavy (non-hydrogen) atoms. The lowest BCUT2D eigenvalue weighted by Crippen LogP contribution is -2.40. The highest BCUT2D eigenvalue weighted by Crippen LogP contribution is 2.25. The molecule has 1 amide bonds. The van der Waals surface area contributed by atoms with Crippen LogP contribution in [0.5, 0.6) is 5.88 Å². The topological polar surface area (TPSA) is 63.2 Å². The molecule has 0 radical (unpaired) electrons. The third kappa shape index (κ3) is 3.48. The number of nitrogens with zero attached hydrogens (tertiary/aromatic N) is 1. The second-order valence-corrected chi connectivity index (χ2v) is 5.80. The van der Waals surface area contributed by atoms with Crippen molar-refractivity contribution in [2.75, 3.05) is 13.1 Å². The predicted octanol–water partition coefficient (Wildman–Crippen LogP) is 1.48. The van der Waals surface area contributed by atoms with Gasteiger partial charge in [0.25, 0.3) is 0 Å². The van der Waals surface area contributed by atoms with Gasteiger partial charge in [-0.15, -0.1) is 0 Å². The number of hydrogen-bond donors (Lipinski definition) is 2. The summed E-state index contributed by atoms with van der Waals surface area (Å²) in [6, 6.07) is 3.79. The zero-order valence-corrected chi connectivity index (χ0v) is 12.4. The molecule has 1 atom stereocenters. The van der Waals surface area contributed by atoms with Gasteiger partial charge in [0.1, 0.15) is 0 Å². The molecule has 1 aromatic rings. The highest BCUT2D eigenvalue weighted by Gasteiger charge is 2.36. The van der Waals surface area contributed by atoms with Gasteiger partial charge < -0.3 is 15.4 Å². The number of ether oxygens (including phenoxy) is 1. The first-order chi connectivity index (χ1) is 9.51. The molecule has 2 rings (SSSR count). The number of aromatic nitrogens is 1. The maximum Gasteiger partial charge on any atom is 0.227 e. The minimum atomic E-state index is -0.304. The first-order valence-corrected chi connectivity index (χ1v) is 7.11. The lowest BCUT2D eigenvalue weighted by Gasteiger charge is -2.22. The van der Waals surface area contributed by atoms with Gasteiger partial charge in [-0.1, -0.05) is 6.07 Å². The van der Waals surface area contributed by atoms with Gasteiger partial charge in [-0.3, -0.25) is 4.79 Å². The smallest absolute Gasteiger partial charge is 0.227 e. The minimum Gasteiger partial charge on any atom is -0.475 e. The van der Waals surface area contributed by atoms with Gasteiger partial charge in [0.05, 0.1) is 11.5 Å². The minimum absolute atomic E-state index is 0.0656. The number of nitrogens with one attached hydrogen (secondary N) is 2.